The Hall–Kier alpha value is -3.41. The van der Waals surface area contributed by atoms with Crippen LogP contribution in [0.1, 0.15) is 41.6 Å². The van der Waals surface area contributed by atoms with Gasteiger partial charge in [-0.15, -0.1) is 0 Å². The minimum Gasteiger partial charge on any atom is -0.465 e. The Balaban J connectivity index is 1.63. The Labute approximate surface area is 168 Å². The van der Waals surface area contributed by atoms with Gasteiger partial charge in [-0.05, 0) is 43.5 Å². The van der Waals surface area contributed by atoms with Crippen molar-refractivity contribution in [1.29, 1.82) is 0 Å². The number of H-pyrrole nitrogens is 1. The van der Waals surface area contributed by atoms with Gasteiger partial charge in [-0.25, -0.2) is 4.98 Å². The van der Waals surface area contributed by atoms with Crippen LogP contribution in [0.3, 0.4) is 0 Å². The third-order valence-electron chi connectivity index (χ3n) is 5.15. The van der Waals surface area contributed by atoms with Gasteiger partial charge in [0.25, 0.3) is 11.5 Å². The van der Waals surface area contributed by atoms with Crippen LogP contribution in [0, 0.1) is 6.92 Å². The van der Waals surface area contributed by atoms with Crippen molar-refractivity contribution in [3.8, 4) is 0 Å². The lowest BCUT2D eigenvalue weighted by Gasteiger charge is -2.33. The highest BCUT2D eigenvalue weighted by atomic mass is 16.3. The van der Waals surface area contributed by atoms with Crippen molar-refractivity contribution in [2.45, 2.75) is 25.7 Å². The van der Waals surface area contributed by atoms with E-state index >= 15 is 0 Å². The lowest BCUT2D eigenvalue weighted by atomic mass is 9.93. The number of rotatable bonds is 4. The summed E-state index contributed by atoms with van der Waals surface area (Å²) in [6, 6.07) is 14.8. The first-order valence-electron chi connectivity index (χ1n) is 9.78. The van der Waals surface area contributed by atoms with Gasteiger partial charge in [-0.3, -0.25) is 9.59 Å². The summed E-state index contributed by atoms with van der Waals surface area (Å²) in [7, 11) is 0. The summed E-state index contributed by atoms with van der Waals surface area (Å²) in [4.78, 5) is 34.3. The SMILES string of the molecule is Cc1nc(C2CCCN(C(=O)/C(=C/c3ccco3)c3ccccc3)C2)cc(=O)[nH]1. The predicted octanol–water partition coefficient (Wildman–Crippen LogP) is 3.62. The van der Waals surface area contributed by atoms with E-state index in [-0.39, 0.29) is 17.4 Å². The molecule has 0 radical (unpaired) electrons. The fourth-order valence-corrected chi connectivity index (χ4v) is 3.79. The van der Waals surface area contributed by atoms with Gasteiger partial charge in [0.2, 0.25) is 0 Å². The number of nitrogens with zero attached hydrogens (tertiary/aromatic N) is 2. The summed E-state index contributed by atoms with van der Waals surface area (Å²) in [6.45, 7) is 2.99. The number of hydrogen-bond donors (Lipinski definition) is 1. The molecule has 1 amide bonds. The lowest BCUT2D eigenvalue weighted by molar-refractivity contribution is -0.126. The van der Waals surface area contributed by atoms with Crippen molar-refractivity contribution in [2.24, 2.45) is 0 Å². The Morgan fingerprint density at radius 1 is 1.24 bits per heavy atom. The highest BCUT2D eigenvalue weighted by Gasteiger charge is 2.28. The number of likely N-dealkylation sites (tertiary alicyclic amines) is 1. The molecule has 148 valence electrons. The molecular weight excluding hydrogens is 366 g/mol. The van der Waals surface area contributed by atoms with E-state index in [1.807, 2.05) is 41.3 Å². The number of furan rings is 1. The van der Waals surface area contributed by atoms with Crippen molar-refractivity contribution in [1.82, 2.24) is 14.9 Å². The second-order valence-electron chi connectivity index (χ2n) is 7.29. The van der Waals surface area contributed by atoms with Crippen molar-refractivity contribution in [2.75, 3.05) is 13.1 Å². The smallest absolute Gasteiger partial charge is 0.254 e. The molecule has 1 atom stereocenters. The molecule has 0 bridgehead atoms. The Morgan fingerprint density at radius 2 is 2.07 bits per heavy atom. The highest BCUT2D eigenvalue weighted by Crippen LogP contribution is 2.28. The molecule has 1 aromatic carbocycles. The number of nitrogens with one attached hydrogen (secondary N) is 1. The van der Waals surface area contributed by atoms with Gasteiger partial charge in [-0.1, -0.05) is 30.3 Å². The molecule has 4 rings (SSSR count). The second-order valence-corrected chi connectivity index (χ2v) is 7.29. The number of carbonyl (C=O) groups excluding carboxylic acids is 1. The average molecular weight is 389 g/mol. The first kappa shape index (κ1) is 18.9. The third kappa shape index (κ3) is 4.37. The van der Waals surface area contributed by atoms with Gasteiger partial charge in [-0.2, -0.15) is 0 Å². The summed E-state index contributed by atoms with van der Waals surface area (Å²) >= 11 is 0. The van der Waals surface area contributed by atoms with Gasteiger partial charge in [0.1, 0.15) is 11.6 Å². The molecule has 3 heterocycles. The highest BCUT2D eigenvalue weighted by molar-refractivity contribution is 6.24. The average Bonchev–Trinajstić information content (AvgIpc) is 3.25. The zero-order valence-corrected chi connectivity index (χ0v) is 16.3. The van der Waals surface area contributed by atoms with Crippen molar-refractivity contribution in [3.63, 3.8) is 0 Å². The van der Waals surface area contributed by atoms with Crippen molar-refractivity contribution < 1.29 is 9.21 Å². The Morgan fingerprint density at radius 3 is 2.79 bits per heavy atom. The fraction of sp³-hybridized carbons (Fsp3) is 0.261. The normalized spacial score (nSPS) is 17.3. The number of piperidine rings is 1. The van der Waals surface area contributed by atoms with E-state index in [0.29, 0.717) is 30.2 Å². The van der Waals surface area contributed by atoms with Gasteiger partial charge in [0.15, 0.2) is 0 Å². The molecule has 0 spiro atoms. The molecule has 0 saturated carbocycles. The number of aryl methyl sites for hydroxylation is 1. The van der Waals surface area contributed by atoms with Crippen LogP contribution in [0.2, 0.25) is 0 Å². The van der Waals surface area contributed by atoms with Crippen LogP contribution in [0.15, 0.2) is 64.0 Å². The van der Waals surface area contributed by atoms with E-state index in [4.69, 9.17) is 4.42 Å². The summed E-state index contributed by atoms with van der Waals surface area (Å²) in [6.07, 6.45) is 5.16. The van der Waals surface area contributed by atoms with E-state index in [9.17, 15) is 9.59 Å². The maximum Gasteiger partial charge on any atom is 0.254 e. The molecule has 1 aliphatic rings. The Kier molecular flexibility index (Phi) is 5.42. The number of aromatic nitrogens is 2. The quantitative estimate of drug-likeness (QED) is 0.691. The van der Waals surface area contributed by atoms with Crippen molar-refractivity contribution in [3.05, 3.63) is 88.0 Å². The topological polar surface area (TPSA) is 79.2 Å². The molecule has 3 aromatic rings. The molecule has 6 nitrogen and oxygen atoms in total. The van der Waals surface area contributed by atoms with Gasteiger partial charge in [0.05, 0.1) is 17.5 Å². The Bertz CT molecular complexity index is 1070. The molecule has 6 heteroatoms. The largest absolute Gasteiger partial charge is 0.465 e. The van der Waals surface area contributed by atoms with Gasteiger partial charge in [0, 0.05) is 25.1 Å². The van der Waals surface area contributed by atoms with Gasteiger partial charge >= 0.3 is 0 Å². The number of aromatic amines is 1. The molecule has 1 unspecified atom stereocenters. The van der Waals surface area contributed by atoms with Crippen LogP contribution in [0.5, 0.6) is 0 Å². The number of amides is 1. The van der Waals surface area contributed by atoms with E-state index in [1.165, 1.54) is 0 Å². The third-order valence-corrected chi connectivity index (χ3v) is 5.15. The van der Waals surface area contributed by atoms with Crippen LogP contribution in [-0.4, -0.2) is 33.9 Å². The fourth-order valence-electron chi connectivity index (χ4n) is 3.79. The summed E-state index contributed by atoms with van der Waals surface area (Å²) in [5.74, 6) is 1.24. The summed E-state index contributed by atoms with van der Waals surface area (Å²) in [5, 5.41) is 0. The number of benzene rings is 1. The van der Waals surface area contributed by atoms with E-state index in [2.05, 4.69) is 9.97 Å². The minimum absolute atomic E-state index is 0.0427. The molecule has 0 aliphatic carbocycles. The molecule has 1 fully saturated rings. The van der Waals surface area contributed by atoms with E-state index in [0.717, 1.165) is 24.1 Å². The molecule has 1 aliphatic heterocycles. The van der Waals surface area contributed by atoms with Crippen molar-refractivity contribution >= 4 is 17.6 Å². The molecule has 2 aromatic heterocycles. The standard InChI is InChI=1S/C23H23N3O3/c1-16-24-21(14-22(27)25-16)18-9-5-11-26(15-18)23(28)20(13-19-10-6-12-29-19)17-7-3-2-4-8-17/h2-4,6-8,10,12-14,18H,5,9,11,15H2,1H3,(H,24,25,27)/b20-13+. The molecule has 1 N–H and O–H groups in total. The molecular formula is C23H23N3O3. The summed E-state index contributed by atoms with van der Waals surface area (Å²) in [5.41, 5.74) is 2.04. The van der Waals surface area contributed by atoms with Crippen LogP contribution in [0.25, 0.3) is 11.6 Å². The molecule has 29 heavy (non-hydrogen) atoms. The zero-order chi connectivity index (χ0) is 20.2. The summed E-state index contributed by atoms with van der Waals surface area (Å²) < 4.78 is 5.44. The maximum absolute atomic E-state index is 13.5. The van der Waals surface area contributed by atoms with Gasteiger partial charge < -0.3 is 14.3 Å². The predicted molar refractivity (Wildman–Crippen MR) is 111 cm³/mol. The minimum atomic E-state index is -0.154. The van der Waals surface area contributed by atoms with E-state index in [1.54, 1.807) is 31.4 Å². The van der Waals surface area contributed by atoms with Crippen LogP contribution in [0.4, 0.5) is 0 Å². The first-order valence-corrected chi connectivity index (χ1v) is 9.78. The van der Waals surface area contributed by atoms with Crippen LogP contribution >= 0.6 is 0 Å². The maximum atomic E-state index is 13.5. The monoisotopic (exact) mass is 389 g/mol. The molecule has 1 saturated heterocycles. The van der Waals surface area contributed by atoms with E-state index < -0.39 is 0 Å². The van der Waals surface area contributed by atoms with Crippen LogP contribution in [-0.2, 0) is 4.79 Å². The zero-order valence-electron chi connectivity index (χ0n) is 16.3. The second kappa shape index (κ2) is 8.31. The lowest BCUT2D eigenvalue weighted by Crippen LogP contribution is -2.40. The van der Waals surface area contributed by atoms with Crippen LogP contribution < -0.4 is 5.56 Å². The number of carbonyl (C=O) groups is 1. The first-order chi connectivity index (χ1) is 14.1. The number of hydrogen-bond acceptors (Lipinski definition) is 4.